The Bertz CT molecular complexity index is 855. The molecule has 0 aliphatic carbocycles. The van der Waals surface area contributed by atoms with Crippen molar-refractivity contribution in [3.8, 4) is 6.07 Å². The van der Waals surface area contributed by atoms with Crippen molar-refractivity contribution in [3.05, 3.63) is 33.1 Å². The predicted molar refractivity (Wildman–Crippen MR) is 81.5 cm³/mol. The van der Waals surface area contributed by atoms with Gasteiger partial charge in [-0.3, -0.25) is 19.7 Å². The number of H-pyrrole nitrogens is 1. The van der Waals surface area contributed by atoms with Gasteiger partial charge in [0.2, 0.25) is 0 Å². The van der Waals surface area contributed by atoms with E-state index in [0.717, 1.165) is 10.6 Å². The molecule has 2 saturated heterocycles. The lowest BCUT2D eigenvalue weighted by Gasteiger charge is -2.27. The zero-order chi connectivity index (χ0) is 19.1. The van der Waals surface area contributed by atoms with Gasteiger partial charge in [0.25, 0.3) is 5.56 Å². The van der Waals surface area contributed by atoms with Crippen molar-refractivity contribution in [3.63, 3.8) is 0 Å². The van der Waals surface area contributed by atoms with E-state index in [2.05, 4.69) is 10.3 Å². The summed E-state index contributed by atoms with van der Waals surface area (Å²) in [7, 11) is 0. The number of hydrogen-bond acceptors (Lipinski definition) is 9. The van der Waals surface area contributed by atoms with Gasteiger partial charge in [0.05, 0.1) is 12.0 Å². The number of aromatic nitrogens is 2. The Kier molecular flexibility index (Phi) is 4.68. The molecule has 0 amide bonds. The van der Waals surface area contributed by atoms with Gasteiger partial charge in [-0.05, 0) is 13.8 Å². The summed E-state index contributed by atoms with van der Waals surface area (Å²) < 4.78 is 18.6. The number of ether oxygens (including phenoxy) is 3. The van der Waals surface area contributed by atoms with Crippen LogP contribution in [0.25, 0.3) is 0 Å². The van der Waals surface area contributed by atoms with Crippen LogP contribution < -0.4 is 21.7 Å². The van der Waals surface area contributed by atoms with Gasteiger partial charge < -0.3 is 24.1 Å². The SMILES string of the molecule is CC1(C)O[C@@H]2[C@H](O1)[C@@H](C(C#N)NCC(=O)[O-])O[C@H]2n1ccc(=O)[nH]c1=O. The Morgan fingerprint density at radius 2 is 2.15 bits per heavy atom. The van der Waals surface area contributed by atoms with Gasteiger partial charge in [-0.25, -0.2) is 4.79 Å². The fraction of sp³-hybridized carbons (Fsp3) is 0.600. The molecule has 0 radical (unpaired) electrons. The Morgan fingerprint density at radius 3 is 2.77 bits per heavy atom. The van der Waals surface area contributed by atoms with Crippen molar-refractivity contribution >= 4 is 5.97 Å². The van der Waals surface area contributed by atoms with E-state index in [1.54, 1.807) is 13.8 Å². The first-order valence-electron chi connectivity index (χ1n) is 7.87. The minimum atomic E-state index is -1.38. The summed E-state index contributed by atoms with van der Waals surface area (Å²) in [5, 5.41) is 22.6. The molecule has 2 N–H and O–H groups in total. The lowest BCUT2D eigenvalue weighted by atomic mass is 10.0. The minimum absolute atomic E-state index is 0.553. The monoisotopic (exact) mass is 365 g/mol. The molecule has 0 bridgehead atoms. The van der Waals surface area contributed by atoms with Crippen LogP contribution in [0, 0.1) is 11.3 Å². The number of nitrogens with one attached hydrogen (secondary N) is 2. The number of rotatable bonds is 5. The van der Waals surface area contributed by atoms with E-state index < -0.39 is 60.1 Å². The summed E-state index contributed by atoms with van der Waals surface area (Å²) in [4.78, 5) is 36.2. The third kappa shape index (κ3) is 3.40. The average Bonchev–Trinajstić information content (AvgIpc) is 3.02. The molecule has 0 spiro atoms. The maximum Gasteiger partial charge on any atom is 0.330 e. The molecule has 3 heterocycles. The molecule has 140 valence electrons. The van der Waals surface area contributed by atoms with Gasteiger partial charge in [-0.2, -0.15) is 5.26 Å². The van der Waals surface area contributed by atoms with Crippen LogP contribution in [0.15, 0.2) is 21.9 Å². The standard InChI is InChI=1S/C15H18N4O7/c1-15(2)25-11-10(7(5-16)17-6-9(21)22)24-13(12(11)26-15)19-4-3-8(20)18-14(19)23/h3-4,7,10-13,17H,6H2,1-2H3,(H,21,22)(H,18,20,23)/p-1/t7?,10-,11-,12-,13-/m1/s1. The quantitative estimate of drug-likeness (QED) is 0.561. The van der Waals surface area contributed by atoms with Gasteiger partial charge in [0, 0.05) is 18.8 Å². The molecule has 0 aromatic carbocycles. The second-order valence-corrected chi connectivity index (χ2v) is 6.43. The van der Waals surface area contributed by atoms with Crippen LogP contribution in [-0.2, 0) is 19.0 Å². The molecular weight excluding hydrogens is 348 g/mol. The smallest absolute Gasteiger partial charge is 0.330 e. The number of carboxylic acid groups (broad SMARTS) is 1. The highest BCUT2D eigenvalue weighted by atomic mass is 16.8. The van der Waals surface area contributed by atoms with E-state index in [0.29, 0.717) is 0 Å². The molecule has 1 aromatic rings. The van der Waals surface area contributed by atoms with Gasteiger partial charge in [-0.15, -0.1) is 0 Å². The molecule has 1 unspecified atom stereocenters. The summed E-state index contributed by atoms with van der Waals surface area (Å²) in [5.74, 6) is -2.37. The Labute approximate surface area is 147 Å². The van der Waals surface area contributed by atoms with E-state index in [1.807, 2.05) is 6.07 Å². The van der Waals surface area contributed by atoms with Gasteiger partial charge in [-0.1, -0.05) is 0 Å². The molecule has 0 saturated carbocycles. The first-order valence-corrected chi connectivity index (χ1v) is 7.87. The second-order valence-electron chi connectivity index (χ2n) is 6.43. The van der Waals surface area contributed by atoms with Crippen LogP contribution >= 0.6 is 0 Å². The summed E-state index contributed by atoms with van der Waals surface area (Å²) in [5.41, 5.74) is -1.27. The topological polar surface area (TPSA) is 158 Å². The third-order valence-corrected chi connectivity index (χ3v) is 4.12. The molecule has 2 aliphatic rings. The third-order valence-electron chi connectivity index (χ3n) is 4.12. The van der Waals surface area contributed by atoms with Crippen LogP contribution in [0.5, 0.6) is 0 Å². The summed E-state index contributed by atoms with van der Waals surface area (Å²) in [6.07, 6.45) is -2.07. The first kappa shape index (κ1) is 18.3. The Balaban J connectivity index is 1.93. The summed E-state index contributed by atoms with van der Waals surface area (Å²) in [6, 6.07) is 2.04. The van der Waals surface area contributed by atoms with Crippen molar-refractivity contribution < 1.29 is 24.1 Å². The van der Waals surface area contributed by atoms with Gasteiger partial charge >= 0.3 is 5.69 Å². The first-order chi connectivity index (χ1) is 12.2. The number of carboxylic acids is 1. The maximum absolute atomic E-state index is 12.1. The zero-order valence-corrected chi connectivity index (χ0v) is 14.0. The van der Waals surface area contributed by atoms with Crippen molar-refractivity contribution in [2.75, 3.05) is 6.54 Å². The van der Waals surface area contributed by atoms with Crippen LogP contribution in [0.3, 0.4) is 0 Å². The molecular formula is C15H17N4O7-. The number of aliphatic carboxylic acids is 1. The number of hydrogen-bond donors (Lipinski definition) is 2. The van der Waals surface area contributed by atoms with E-state index in [9.17, 15) is 24.8 Å². The molecule has 11 heteroatoms. The van der Waals surface area contributed by atoms with Crippen LogP contribution in [0.2, 0.25) is 0 Å². The van der Waals surface area contributed by atoms with Crippen molar-refractivity contribution in [2.24, 2.45) is 0 Å². The van der Waals surface area contributed by atoms with Crippen LogP contribution in [-0.4, -0.2) is 52.2 Å². The highest BCUT2D eigenvalue weighted by Gasteiger charge is 2.58. The van der Waals surface area contributed by atoms with Crippen LogP contribution in [0.1, 0.15) is 20.1 Å². The van der Waals surface area contributed by atoms with E-state index in [-0.39, 0.29) is 0 Å². The number of nitrogens with zero attached hydrogens (tertiary/aromatic N) is 2. The second kappa shape index (κ2) is 6.65. The molecule has 11 nitrogen and oxygen atoms in total. The van der Waals surface area contributed by atoms with E-state index in [4.69, 9.17) is 14.2 Å². The lowest BCUT2D eigenvalue weighted by Crippen LogP contribution is -2.49. The zero-order valence-electron chi connectivity index (χ0n) is 14.0. The highest BCUT2D eigenvalue weighted by molar-refractivity contribution is 5.66. The Hall–Kier alpha value is -2.52. The fourth-order valence-electron chi connectivity index (χ4n) is 3.16. The predicted octanol–water partition coefficient (Wildman–Crippen LogP) is -2.81. The number of fused-ring (bicyclic) bond motifs is 1. The molecule has 1 aromatic heterocycles. The maximum atomic E-state index is 12.1. The number of carbonyl (C=O) groups excluding carboxylic acids is 1. The van der Waals surface area contributed by atoms with Crippen molar-refractivity contribution in [2.45, 2.75) is 50.2 Å². The Morgan fingerprint density at radius 1 is 1.46 bits per heavy atom. The summed E-state index contributed by atoms with van der Waals surface area (Å²) in [6.45, 7) is 2.79. The fourth-order valence-corrected chi connectivity index (χ4v) is 3.16. The molecule has 3 rings (SSSR count). The number of aromatic amines is 1. The van der Waals surface area contributed by atoms with Crippen LogP contribution in [0.4, 0.5) is 0 Å². The molecule has 2 aliphatic heterocycles. The van der Waals surface area contributed by atoms with E-state index >= 15 is 0 Å². The number of nitriles is 1. The lowest BCUT2D eigenvalue weighted by molar-refractivity contribution is -0.304. The average molecular weight is 365 g/mol. The molecule has 26 heavy (non-hydrogen) atoms. The molecule has 5 atom stereocenters. The van der Waals surface area contributed by atoms with Gasteiger partial charge in [0.15, 0.2) is 12.0 Å². The van der Waals surface area contributed by atoms with Gasteiger partial charge in [0.1, 0.15) is 24.4 Å². The van der Waals surface area contributed by atoms with Crippen molar-refractivity contribution in [1.29, 1.82) is 5.26 Å². The largest absolute Gasteiger partial charge is 0.549 e. The molecule has 2 fully saturated rings. The highest BCUT2D eigenvalue weighted by Crippen LogP contribution is 2.43. The minimum Gasteiger partial charge on any atom is -0.549 e. The van der Waals surface area contributed by atoms with Crippen molar-refractivity contribution in [1.82, 2.24) is 14.9 Å². The van der Waals surface area contributed by atoms with E-state index in [1.165, 1.54) is 6.20 Å². The normalized spacial score (nSPS) is 30.5. The summed E-state index contributed by atoms with van der Waals surface area (Å²) >= 11 is 0. The number of carbonyl (C=O) groups is 1.